The van der Waals surface area contributed by atoms with Gasteiger partial charge in [-0.1, -0.05) is 0 Å². The fourth-order valence-electron chi connectivity index (χ4n) is 4.33. The molecule has 0 aliphatic carbocycles. The average molecular weight is 361 g/mol. The predicted octanol–water partition coefficient (Wildman–Crippen LogP) is 4.80. The van der Waals surface area contributed by atoms with Crippen LogP contribution in [0.1, 0.15) is 67.9 Å². The molecule has 0 N–H and O–H groups in total. The molecule has 2 fully saturated rings. The van der Waals surface area contributed by atoms with Gasteiger partial charge in [0.05, 0.1) is 0 Å². The van der Waals surface area contributed by atoms with Crippen LogP contribution in [-0.2, 0) is 4.74 Å². The molecule has 2 unspecified atom stereocenters. The lowest BCUT2D eigenvalue weighted by atomic mass is 9.84. The minimum atomic E-state index is -0.521. The number of ether oxygens (including phenoxy) is 1. The van der Waals surface area contributed by atoms with Crippen LogP contribution in [0.15, 0.2) is 12.1 Å². The zero-order chi connectivity index (χ0) is 19.2. The summed E-state index contributed by atoms with van der Waals surface area (Å²) in [4.78, 5) is 27.4. The van der Waals surface area contributed by atoms with Gasteiger partial charge in [0.2, 0.25) is 0 Å². The first-order chi connectivity index (χ1) is 12.1. The van der Waals surface area contributed by atoms with E-state index in [1.807, 2.05) is 25.7 Å². The Labute approximate surface area is 154 Å². The van der Waals surface area contributed by atoms with Crippen LogP contribution in [0.25, 0.3) is 0 Å². The van der Waals surface area contributed by atoms with Crippen LogP contribution in [0, 0.1) is 25.6 Å². The Hall–Kier alpha value is -1.91. The zero-order valence-corrected chi connectivity index (χ0v) is 16.3. The second-order valence-electron chi connectivity index (χ2n) is 8.73. The topological polar surface area (TPSA) is 46.6 Å². The predicted molar refractivity (Wildman–Crippen MR) is 97.8 cm³/mol. The van der Waals surface area contributed by atoms with Crippen molar-refractivity contribution in [3.05, 3.63) is 34.6 Å². The minimum absolute atomic E-state index is 0.0557. The molecular weight excluding hydrogens is 333 g/mol. The summed E-state index contributed by atoms with van der Waals surface area (Å²) in [5.41, 5.74) is 1.06. The van der Waals surface area contributed by atoms with Gasteiger partial charge in [-0.15, -0.1) is 0 Å². The first kappa shape index (κ1) is 18.9. The molecule has 0 spiro atoms. The second kappa shape index (κ2) is 6.67. The van der Waals surface area contributed by atoms with E-state index in [0.29, 0.717) is 29.5 Å². The van der Waals surface area contributed by atoms with Gasteiger partial charge in [-0.25, -0.2) is 9.18 Å². The molecule has 1 amide bonds. The van der Waals surface area contributed by atoms with Crippen molar-refractivity contribution in [2.45, 2.75) is 78.0 Å². The monoisotopic (exact) mass is 361 g/mol. The third-order valence-corrected chi connectivity index (χ3v) is 5.43. The van der Waals surface area contributed by atoms with Crippen LogP contribution in [0.2, 0.25) is 0 Å². The van der Waals surface area contributed by atoms with Crippen molar-refractivity contribution >= 4 is 11.9 Å². The molecule has 1 aromatic carbocycles. The van der Waals surface area contributed by atoms with Gasteiger partial charge in [-0.05, 0) is 83.6 Å². The Morgan fingerprint density at radius 1 is 1.08 bits per heavy atom. The fraction of sp³-hybridized carbons (Fsp3) is 0.619. The SMILES string of the molecule is Cc1cc(C(=O)C2CC3CCC(C2)N3C(=O)OC(C)(C)C)cc(C)c1F. The second-order valence-corrected chi connectivity index (χ2v) is 8.73. The minimum Gasteiger partial charge on any atom is -0.444 e. The number of hydrogen-bond donors (Lipinski definition) is 0. The number of carbonyl (C=O) groups excluding carboxylic acids is 2. The molecule has 2 heterocycles. The molecule has 2 bridgehead atoms. The normalized spacial score (nSPS) is 25.3. The molecule has 2 atom stereocenters. The maximum atomic E-state index is 13.9. The molecule has 5 heteroatoms. The van der Waals surface area contributed by atoms with Crippen LogP contribution in [0.3, 0.4) is 0 Å². The number of amides is 1. The number of hydrogen-bond acceptors (Lipinski definition) is 3. The van der Waals surface area contributed by atoms with Crippen LogP contribution in [-0.4, -0.2) is 34.5 Å². The number of piperidine rings is 1. The molecular formula is C21H28FNO3. The molecule has 0 saturated carbocycles. The van der Waals surface area contributed by atoms with E-state index < -0.39 is 5.60 Å². The Bertz CT molecular complexity index is 700. The summed E-state index contributed by atoms with van der Waals surface area (Å²) in [6.07, 6.45) is 2.86. The molecule has 0 aromatic heterocycles. The molecule has 1 aromatic rings. The zero-order valence-electron chi connectivity index (χ0n) is 16.3. The number of rotatable bonds is 2. The number of Topliss-reactive ketones (excluding diaryl/α,β-unsaturated/α-hetero) is 1. The Morgan fingerprint density at radius 3 is 2.04 bits per heavy atom. The average Bonchev–Trinajstić information content (AvgIpc) is 2.80. The third kappa shape index (κ3) is 3.62. The number of halogens is 1. The number of nitrogens with zero attached hydrogens (tertiary/aromatic N) is 1. The number of aryl methyl sites for hydroxylation is 2. The number of ketones is 1. The van der Waals surface area contributed by atoms with E-state index in [1.54, 1.807) is 26.0 Å². The molecule has 4 nitrogen and oxygen atoms in total. The van der Waals surface area contributed by atoms with Crippen LogP contribution < -0.4 is 0 Å². The lowest BCUT2D eigenvalue weighted by Gasteiger charge is -2.39. The van der Waals surface area contributed by atoms with E-state index in [-0.39, 0.29) is 35.7 Å². The van der Waals surface area contributed by atoms with Crippen LogP contribution in [0.4, 0.5) is 9.18 Å². The van der Waals surface area contributed by atoms with Crippen molar-refractivity contribution in [2.24, 2.45) is 5.92 Å². The van der Waals surface area contributed by atoms with Gasteiger partial charge in [0, 0.05) is 23.6 Å². The van der Waals surface area contributed by atoms with Gasteiger partial charge >= 0.3 is 6.09 Å². The Kier molecular flexibility index (Phi) is 4.84. The van der Waals surface area contributed by atoms with E-state index >= 15 is 0 Å². The molecule has 142 valence electrons. The summed E-state index contributed by atoms with van der Waals surface area (Å²) in [5.74, 6) is -0.297. The van der Waals surface area contributed by atoms with Crippen molar-refractivity contribution in [3.63, 3.8) is 0 Å². The highest BCUT2D eigenvalue weighted by Gasteiger charge is 2.46. The van der Waals surface area contributed by atoms with Crippen molar-refractivity contribution in [1.82, 2.24) is 4.90 Å². The van der Waals surface area contributed by atoms with Gasteiger partial charge in [0.1, 0.15) is 11.4 Å². The summed E-state index contributed by atoms with van der Waals surface area (Å²) in [5, 5.41) is 0. The number of carbonyl (C=O) groups is 2. The van der Waals surface area contributed by atoms with E-state index in [9.17, 15) is 14.0 Å². The van der Waals surface area contributed by atoms with E-state index in [4.69, 9.17) is 4.74 Å². The van der Waals surface area contributed by atoms with Gasteiger partial charge in [0.15, 0.2) is 5.78 Å². The van der Waals surface area contributed by atoms with E-state index in [2.05, 4.69) is 0 Å². The maximum Gasteiger partial charge on any atom is 0.410 e. The Balaban J connectivity index is 1.75. The van der Waals surface area contributed by atoms with E-state index in [0.717, 1.165) is 12.8 Å². The third-order valence-electron chi connectivity index (χ3n) is 5.43. The highest BCUT2D eigenvalue weighted by atomic mass is 19.1. The lowest BCUT2D eigenvalue weighted by Crippen LogP contribution is -2.49. The highest BCUT2D eigenvalue weighted by molar-refractivity contribution is 5.98. The highest BCUT2D eigenvalue weighted by Crippen LogP contribution is 2.40. The maximum absolute atomic E-state index is 13.9. The van der Waals surface area contributed by atoms with Gasteiger partial charge < -0.3 is 9.64 Å². The van der Waals surface area contributed by atoms with Gasteiger partial charge in [0.25, 0.3) is 0 Å². The molecule has 2 aliphatic rings. The molecule has 2 saturated heterocycles. The first-order valence-electron chi connectivity index (χ1n) is 9.39. The van der Waals surface area contributed by atoms with Gasteiger partial charge in [-0.2, -0.15) is 0 Å². The smallest absolute Gasteiger partial charge is 0.410 e. The molecule has 0 radical (unpaired) electrons. The van der Waals surface area contributed by atoms with E-state index in [1.165, 1.54) is 0 Å². The summed E-state index contributed by atoms with van der Waals surface area (Å²) in [6.45, 7) is 8.97. The quantitative estimate of drug-likeness (QED) is 0.711. The molecule has 3 rings (SSSR count). The van der Waals surface area contributed by atoms with Crippen molar-refractivity contribution in [1.29, 1.82) is 0 Å². The van der Waals surface area contributed by atoms with Crippen molar-refractivity contribution < 1.29 is 18.7 Å². The number of fused-ring (bicyclic) bond motifs is 2. The summed E-state index contributed by atoms with van der Waals surface area (Å²) >= 11 is 0. The molecule has 2 aliphatic heterocycles. The van der Waals surface area contributed by atoms with Crippen molar-refractivity contribution in [2.75, 3.05) is 0 Å². The lowest BCUT2D eigenvalue weighted by molar-refractivity contribution is 0.00254. The summed E-state index contributed by atoms with van der Waals surface area (Å²) < 4.78 is 19.4. The largest absolute Gasteiger partial charge is 0.444 e. The molecule has 26 heavy (non-hydrogen) atoms. The first-order valence-corrected chi connectivity index (χ1v) is 9.39. The summed E-state index contributed by atoms with van der Waals surface area (Å²) in [7, 11) is 0. The summed E-state index contributed by atoms with van der Waals surface area (Å²) in [6, 6.07) is 3.40. The number of benzene rings is 1. The van der Waals surface area contributed by atoms with Crippen LogP contribution >= 0.6 is 0 Å². The fourth-order valence-corrected chi connectivity index (χ4v) is 4.33. The van der Waals surface area contributed by atoms with Gasteiger partial charge in [-0.3, -0.25) is 4.79 Å². The van der Waals surface area contributed by atoms with Crippen molar-refractivity contribution in [3.8, 4) is 0 Å². The standard InChI is InChI=1S/C21H28FNO3/c1-12-8-14(9-13(2)18(12)22)19(24)15-10-16-6-7-17(11-15)23(16)20(25)26-21(3,4)5/h8-9,15-17H,6-7,10-11H2,1-5H3. The van der Waals surface area contributed by atoms with Crippen LogP contribution in [0.5, 0.6) is 0 Å². The Morgan fingerprint density at radius 2 is 1.58 bits per heavy atom.